The van der Waals surface area contributed by atoms with Crippen LogP contribution in [-0.2, 0) is 0 Å². The Morgan fingerprint density at radius 3 is 2.56 bits per heavy atom. The maximum absolute atomic E-state index is 10.1. The van der Waals surface area contributed by atoms with Gasteiger partial charge in [-0.3, -0.25) is 0 Å². The van der Waals surface area contributed by atoms with Crippen molar-refractivity contribution in [3.8, 4) is 0 Å². The van der Waals surface area contributed by atoms with Gasteiger partial charge in [0.15, 0.2) is 0 Å². The van der Waals surface area contributed by atoms with Gasteiger partial charge < -0.3 is 10.0 Å². The molecule has 0 saturated carbocycles. The van der Waals surface area contributed by atoms with Crippen molar-refractivity contribution >= 4 is 28.6 Å². The lowest BCUT2D eigenvalue weighted by Gasteiger charge is -2.20. The highest BCUT2D eigenvalue weighted by atomic mass is 35.5. The first-order valence-corrected chi connectivity index (χ1v) is 7.06. The van der Waals surface area contributed by atoms with Crippen LogP contribution in [0.3, 0.4) is 0 Å². The van der Waals surface area contributed by atoms with Gasteiger partial charge in [0.1, 0.15) is 0 Å². The Balaban J connectivity index is 1.88. The van der Waals surface area contributed by atoms with Crippen LogP contribution in [0.2, 0.25) is 4.34 Å². The fourth-order valence-electron chi connectivity index (χ4n) is 1.78. The second kappa shape index (κ2) is 6.23. The molecule has 0 saturated heterocycles. The Labute approximate surface area is 116 Å². The van der Waals surface area contributed by atoms with Crippen LogP contribution in [0.25, 0.3) is 0 Å². The summed E-state index contributed by atoms with van der Waals surface area (Å²) < 4.78 is 0.723. The Morgan fingerprint density at radius 1 is 1.22 bits per heavy atom. The molecule has 0 radical (unpaired) electrons. The summed E-state index contributed by atoms with van der Waals surface area (Å²) in [6.45, 7) is 0.806. The molecule has 96 valence electrons. The molecule has 1 atom stereocenters. The van der Waals surface area contributed by atoms with Gasteiger partial charge in [0.25, 0.3) is 0 Å². The molecule has 0 aliphatic carbocycles. The molecule has 0 bridgehead atoms. The van der Waals surface area contributed by atoms with Crippen molar-refractivity contribution in [3.63, 3.8) is 0 Å². The molecule has 4 heteroatoms. The molecule has 0 spiro atoms. The molecular formula is C14H16ClNOS. The maximum atomic E-state index is 10.1. The van der Waals surface area contributed by atoms with E-state index < -0.39 is 6.10 Å². The van der Waals surface area contributed by atoms with Crippen molar-refractivity contribution in [1.29, 1.82) is 0 Å². The third-order valence-corrected chi connectivity index (χ3v) is 4.19. The molecule has 1 unspecified atom stereocenters. The normalized spacial score (nSPS) is 12.4. The minimum absolute atomic E-state index is 0.436. The number of benzene rings is 1. The minimum Gasteiger partial charge on any atom is -0.388 e. The third kappa shape index (κ3) is 3.48. The highest BCUT2D eigenvalue weighted by molar-refractivity contribution is 7.16. The van der Waals surface area contributed by atoms with Gasteiger partial charge in [-0.05, 0) is 30.7 Å². The standard InChI is InChI=1S/C14H16ClNOS/c1-16(11-5-3-2-4-6-11)10-9-12(17)13-7-8-14(15)18-13/h2-8,12,17H,9-10H2,1H3. The first-order chi connectivity index (χ1) is 8.66. The molecule has 18 heavy (non-hydrogen) atoms. The summed E-state index contributed by atoms with van der Waals surface area (Å²) in [5.41, 5.74) is 1.16. The average molecular weight is 282 g/mol. The van der Waals surface area contributed by atoms with Crippen molar-refractivity contribution < 1.29 is 5.11 Å². The Morgan fingerprint density at radius 2 is 1.94 bits per heavy atom. The summed E-state index contributed by atoms with van der Waals surface area (Å²) in [4.78, 5) is 3.07. The summed E-state index contributed by atoms with van der Waals surface area (Å²) in [6, 6.07) is 13.9. The van der Waals surface area contributed by atoms with Crippen LogP contribution in [0.4, 0.5) is 5.69 Å². The SMILES string of the molecule is CN(CCC(O)c1ccc(Cl)s1)c1ccccc1. The molecule has 1 N–H and O–H groups in total. The molecule has 1 aromatic carbocycles. The van der Waals surface area contributed by atoms with E-state index in [9.17, 15) is 5.11 Å². The van der Waals surface area contributed by atoms with E-state index in [2.05, 4.69) is 17.0 Å². The third-order valence-electron chi connectivity index (χ3n) is 2.86. The van der Waals surface area contributed by atoms with Gasteiger partial charge in [-0.15, -0.1) is 11.3 Å². The fourth-order valence-corrected chi connectivity index (χ4v) is 2.86. The van der Waals surface area contributed by atoms with Crippen LogP contribution in [0.1, 0.15) is 17.4 Å². The Bertz CT molecular complexity index is 486. The van der Waals surface area contributed by atoms with E-state index in [0.717, 1.165) is 21.4 Å². The quantitative estimate of drug-likeness (QED) is 0.897. The lowest BCUT2D eigenvalue weighted by Crippen LogP contribution is -2.20. The van der Waals surface area contributed by atoms with Crippen LogP contribution >= 0.6 is 22.9 Å². The number of hydrogen-bond acceptors (Lipinski definition) is 3. The van der Waals surface area contributed by atoms with Gasteiger partial charge in [0.2, 0.25) is 0 Å². The van der Waals surface area contributed by atoms with Crippen molar-refractivity contribution in [2.75, 3.05) is 18.5 Å². The number of aliphatic hydroxyl groups is 1. The summed E-state index contributed by atoms with van der Waals surface area (Å²) in [7, 11) is 2.03. The molecule has 1 aromatic heterocycles. The van der Waals surface area contributed by atoms with Crippen molar-refractivity contribution in [2.24, 2.45) is 0 Å². The van der Waals surface area contributed by atoms with Crippen molar-refractivity contribution in [1.82, 2.24) is 0 Å². The number of hydrogen-bond donors (Lipinski definition) is 1. The van der Waals surface area contributed by atoms with Crippen molar-refractivity contribution in [2.45, 2.75) is 12.5 Å². The lowest BCUT2D eigenvalue weighted by molar-refractivity contribution is 0.173. The number of para-hydroxylation sites is 1. The van der Waals surface area contributed by atoms with Gasteiger partial charge in [0, 0.05) is 24.2 Å². The van der Waals surface area contributed by atoms with E-state index >= 15 is 0 Å². The van der Waals surface area contributed by atoms with Crippen LogP contribution in [-0.4, -0.2) is 18.7 Å². The zero-order valence-corrected chi connectivity index (χ0v) is 11.8. The van der Waals surface area contributed by atoms with Crippen molar-refractivity contribution in [3.05, 3.63) is 51.7 Å². The zero-order valence-electron chi connectivity index (χ0n) is 10.2. The van der Waals surface area contributed by atoms with Gasteiger partial charge in [-0.25, -0.2) is 0 Å². The van der Waals surface area contributed by atoms with E-state index in [1.54, 1.807) is 0 Å². The monoisotopic (exact) mass is 281 g/mol. The van der Waals surface area contributed by atoms with E-state index in [0.29, 0.717) is 6.42 Å². The van der Waals surface area contributed by atoms with E-state index in [1.807, 2.05) is 37.4 Å². The van der Waals surface area contributed by atoms with E-state index in [4.69, 9.17) is 11.6 Å². The number of thiophene rings is 1. The first-order valence-electron chi connectivity index (χ1n) is 5.86. The van der Waals surface area contributed by atoms with Crippen LogP contribution in [0, 0.1) is 0 Å². The van der Waals surface area contributed by atoms with Gasteiger partial charge in [0.05, 0.1) is 10.4 Å². The molecule has 2 rings (SSSR count). The maximum Gasteiger partial charge on any atom is 0.0932 e. The summed E-state index contributed by atoms with van der Waals surface area (Å²) in [5.74, 6) is 0. The minimum atomic E-state index is -0.436. The second-order valence-corrected chi connectivity index (χ2v) is 5.95. The summed E-state index contributed by atoms with van der Waals surface area (Å²) in [5, 5.41) is 10.1. The highest BCUT2D eigenvalue weighted by Crippen LogP contribution is 2.28. The fraction of sp³-hybridized carbons (Fsp3) is 0.286. The van der Waals surface area contributed by atoms with Crippen LogP contribution in [0.5, 0.6) is 0 Å². The predicted molar refractivity (Wildman–Crippen MR) is 78.6 cm³/mol. The van der Waals surface area contributed by atoms with E-state index in [1.165, 1.54) is 11.3 Å². The molecule has 0 aliphatic rings. The van der Waals surface area contributed by atoms with Crippen LogP contribution < -0.4 is 4.90 Å². The number of halogens is 1. The summed E-state index contributed by atoms with van der Waals surface area (Å²) in [6.07, 6.45) is 0.260. The Hall–Kier alpha value is -1.03. The zero-order chi connectivity index (χ0) is 13.0. The van der Waals surface area contributed by atoms with Gasteiger partial charge in [-0.2, -0.15) is 0 Å². The molecule has 0 aliphatic heterocycles. The molecular weight excluding hydrogens is 266 g/mol. The Kier molecular flexibility index (Phi) is 4.64. The lowest BCUT2D eigenvalue weighted by atomic mass is 10.2. The molecule has 1 heterocycles. The van der Waals surface area contributed by atoms with E-state index in [-0.39, 0.29) is 0 Å². The number of anilines is 1. The largest absolute Gasteiger partial charge is 0.388 e. The number of nitrogens with zero attached hydrogens (tertiary/aromatic N) is 1. The first kappa shape index (κ1) is 13.4. The smallest absolute Gasteiger partial charge is 0.0932 e. The van der Waals surface area contributed by atoms with Gasteiger partial charge >= 0.3 is 0 Å². The number of aliphatic hydroxyl groups excluding tert-OH is 1. The van der Waals surface area contributed by atoms with Gasteiger partial charge in [-0.1, -0.05) is 29.8 Å². The second-order valence-electron chi connectivity index (χ2n) is 4.20. The molecule has 2 nitrogen and oxygen atoms in total. The molecule has 2 aromatic rings. The molecule has 0 fully saturated rings. The topological polar surface area (TPSA) is 23.5 Å². The summed E-state index contributed by atoms with van der Waals surface area (Å²) >= 11 is 7.30. The predicted octanol–water partition coefficient (Wildman–Crippen LogP) is 3.96. The average Bonchev–Trinajstić information content (AvgIpc) is 2.83. The number of rotatable bonds is 5. The van der Waals surface area contributed by atoms with Crippen LogP contribution in [0.15, 0.2) is 42.5 Å². The molecule has 0 amide bonds. The highest BCUT2D eigenvalue weighted by Gasteiger charge is 2.11.